The Morgan fingerprint density at radius 3 is 2.56 bits per heavy atom. The Morgan fingerprint density at radius 1 is 1.22 bits per heavy atom. The van der Waals surface area contributed by atoms with Gasteiger partial charge >= 0.3 is 6.09 Å². The van der Waals surface area contributed by atoms with Crippen LogP contribution in [0.5, 0.6) is 0 Å². The number of nitrogens with zero attached hydrogens (tertiary/aromatic N) is 1. The van der Waals surface area contributed by atoms with Crippen LogP contribution in [0, 0.1) is 5.92 Å². The largest absolute Gasteiger partial charge is 0.441 e. The zero-order chi connectivity index (χ0) is 19.2. The number of hydrogen-bond donors (Lipinski definition) is 1. The van der Waals surface area contributed by atoms with Gasteiger partial charge in [-0.05, 0) is 61.6 Å². The first-order valence-corrected chi connectivity index (χ1v) is 9.88. The molecule has 1 heterocycles. The lowest BCUT2D eigenvalue weighted by atomic mass is 9.77. The third-order valence-electron chi connectivity index (χ3n) is 5.68. The lowest BCUT2D eigenvalue weighted by molar-refractivity contribution is -0.119. The number of hydrogen-bond acceptors (Lipinski definition) is 4. The van der Waals surface area contributed by atoms with Crippen LogP contribution in [0.25, 0.3) is 0 Å². The average molecular weight is 374 g/mol. The maximum atomic E-state index is 12.0. The van der Waals surface area contributed by atoms with E-state index in [1.165, 1.54) is 31.2 Å². The van der Waals surface area contributed by atoms with Gasteiger partial charge < -0.3 is 14.8 Å². The van der Waals surface area contributed by atoms with Crippen LogP contribution in [0.2, 0.25) is 0 Å². The van der Waals surface area contributed by atoms with Crippen LogP contribution in [0.1, 0.15) is 50.5 Å². The highest BCUT2D eigenvalue weighted by molar-refractivity contribution is 5.89. The summed E-state index contributed by atoms with van der Waals surface area (Å²) in [4.78, 5) is 24.7. The van der Waals surface area contributed by atoms with Crippen molar-refractivity contribution in [3.8, 4) is 0 Å². The van der Waals surface area contributed by atoms with E-state index in [0.717, 1.165) is 18.7 Å². The van der Waals surface area contributed by atoms with Crippen molar-refractivity contribution >= 4 is 17.7 Å². The van der Waals surface area contributed by atoms with E-state index in [2.05, 4.69) is 17.4 Å². The molecule has 2 aliphatic rings. The number of nitrogens with one attached hydrogen (secondary N) is 1. The maximum Gasteiger partial charge on any atom is 0.414 e. The number of rotatable bonds is 7. The summed E-state index contributed by atoms with van der Waals surface area (Å²) in [5.74, 6) is 1.35. The van der Waals surface area contributed by atoms with E-state index >= 15 is 0 Å². The van der Waals surface area contributed by atoms with Crippen LogP contribution in [0.3, 0.4) is 0 Å². The molecular weight excluding hydrogens is 344 g/mol. The second-order valence-electron chi connectivity index (χ2n) is 7.65. The van der Waals surface area contributed by atoms with Crippen molar-refractivity contribution in [2.24, 2.45) is 5.92 Å². The van der Waals surface area contributed by atoms with Crippen LogP contribution in [0.4, 0.5) is 10.5 Å². The smallest absolute Gasteiger partial charge is 0.414 e. The summed E-state index contributed by atoms with van der Waals surface area (Å²) < 4.78 is 10.4. The van der Waals surface area contributed by atoms with E-state index in [1.54, 1.807) is 18.9 Å². The normalized spacial score (nSPS) is 25.3. The average Bonchev–Trinajstić information content (AvgIpc) is 3.03. The number of cyclic esters (lactones) is 1. The Morgan fingerprint density at radius 2 is 1.93 bits per heavy atom. The molecule has 1 atom stereocenters. The van der Waals surface area contributed by atoms with Gasteiger partial charge in [0.2, 0.25) is 5.91 Å². The van der Waals surface area contributed by atoms with E-state index in [-0.39, 0.29) is 18.1 Å². The van der Waals surface area contributed by atoms with Crippen molar-refractivity contribution < 1.29 is 19.1 Å². The first-order chi connectivity index (χ1) is 13.1. The number of methoxy groups -OCH3 is 1. The molecule has 2 amide bonds. The molecule has 0 spiro atoms. The monoisotopic (exact) mass is 374 g/mol. The topological polar surface area (TPSA) is 67.9 Å². The Labute approximate surface area is 161 Å². The summed E-state index contributed by atoms with van der Waals surface area (Å²) in [6.45, 7) is 3.31. The Hall–Kier alpha value is -2.08. The lowest BCUT2D eigenvalue weighted by Gasteiger charge is -2.29. The fourth-order valence-electron chi connectivity index (χ4n) is 4.17. The number of benzene rings is 1. The van der Waals surface area contributed by atoms with Crippen molar-refractivity contribution in [1.82, 2.24) is 5.32 Å². The molecule has 148 valence electrons. The predicted molar refractivity (Wildman–Crippen MR) is 104 cm³/mol. The Kier molecular flexibility index (Phi) is 6.72. The summed E-state index contributed by atoms with van der Waals surface area (Å²) in [5, 5.41) is 2.89. The second kappa shape index (κ2) is 9.22. The molecular formula is C21H30N2O4. The van der Waals surface area contributed by atoms with Crippen LogP contribution in [-0.4, -0.2) is 44.9 Å². The number of amides is 2. The standard InChI is InChI=1S/C21H30N2O4/c1-15(24)22-12-11-16-3-5-17(6-4-16)18-7-9-19(10-8-18)23-13-20(14-26-2)27-21(23)25/h7-10,16-17,20H,3-6,11-14H2,1-2H3,(H,22,24). The molecule has 0 radical (unpaired) electrons. The molecule has 1 N–H and O–H groups in total. The second-order valence-corrected chi connectivity index (χ2v) is 7.65. The molecule has 6 nitrogen and oxygen atoms in total. The minimum absolute atomic E-state index is 0.0548. The van der Waals surface area contributed by atoms with Gasteiger partial charge in [-0.25, -0.2) is 4.79 Å². The summed E-state index contributed by atoms with van der Waals surface area (Å²) >= 11 is 0. The minimum atomic E-state index is -0.301. The zero-order valence-electron chi connectivity index (χ0n) is 16.3. The van der Waals surface area contributed by atoms with Crippen LogP contribution in [0.15, 0.2) is 24.3 Å². The van der Waals surface area contributed by atoms with Gasteiger partial charge in [0, 0.05) is 26.3 Å². The zero-order valence-corrected chi connectivity index (χ0v) is 16.3. The highest BCUT2D eigenvalue weighted by Crippen LogP contribution is 2.37. The van der Waals surface area contributed by atoms with Crippen molar-refractivity contribution in [2.45, 2.75) is 51.0 Å². The van der Waals surface area contributed by atoms with Crippen molar-refractivity contribution in [2.75, 3.05) is 31.7 Å². The third-order valence-corrected chi connectivity index (χ3v) is 5.68. The summed E-state index contributed by atoms with van der Waals surface area (Å²) in [6.07, 6.45) is 5.37. The van der Waals surface area contributed by atoms with Gasteiger partial charge in [-0.1, -0.05) is 12.1 Å². The third kappa shape index (κ3) is 5.22. The molecule has 6 heteroatoms. The van der Waals surface area contributed by atoms with Gasteiger partial charge in [0.25, 0.3) is 0 Å². The minimum Gasteiger partial charge on any atom is -0.441 e. The van der Waals surface area contributed by atoms with E-state index in [1.807, 2.05) is 12.1 Å². The van der Waals surface area contributed by atoms with Crippen molar-refractivity contribution in [3.63, 3.8) is 0 Å². The summed E-state index contributed by atoms with van der Waals surface area (Å²) in [5.41, 5.74) is 2.23. The molecule has 1 unspecified atom stereocenters. The number of anilines is 1. The molecule has 1 aliphatic carbocycles. The molecule has 2 fully saturated rings. The number of carbonyl (C=O) groups excluding carboxylic acids is 2. The van der Waals surface area contributed by atoms with E-state index < -0.39 is 0 Å². The molecule has 27 heavy (non-hydrogen) atoms. The van der Waals surface area contributed by atoms with E-state index in [9.17, 15) is 9.59 Å². The lowest BCUT2D eigenvalue weighted by Crippen LogP contribution is -2.25. The molecule has 1 aliphatic heterocycles. The van der Waals surface area contributed by atoms with E-state index in [0.29, 0.717) is 25.0 Å². The van der Waals surface area contributed by atoms with Crippen molar-refractivity contribution in [3.05, 3.63) is 29.8 Å². The van der Waals surface area contributed by atoms with Gasteiger partial charge in [0.05, 0.1) is 13.2 Å². The summed E-state index contributed by atoms with van der Waals surface area (Å²) in [6, 6.07) is 8.34. The SMILES string of the molecule is COCC1CN(c2ccc(C3CCC(CCNC(C)=O)CC3)cc2)C(=O)O1. The molecule has 0 aromatic heterocycles. The summed E-state index contributed by atoms with van der Waals surface area (Å²) in [7, 11) is 1.61. The Bertz CT molecular complexity index is 638. The molecule has 1 aromatic rings. The van der Waals surface area contributed by atoms with Crippen molar-refractivity contribution in [1.29, 1.82) is 0 Å². The molecule has 1 saturated heterocycles. The van der Waals surface area contributed by atoms with Crippen LogP contribution >= 0.6 is 0 Å². The molecule has 0 bridgehead atoms. The number of ether oxygens (including phenoxy) is 2. The van der Waals surface area contributed by atoms with Crippen LogP contribution in [-0.2, 0) is 14.3 Å². The highest BCUT2D eigenvalue weighted by atomic mass is 16.6. The van der Waals surface area contributed by atoms with Gasteiger partial charge in [-0.15, -0.1) is 0 Å². The highest BCUT2D eigenvalue weighted by Gasteiger charge is 2.32. The quantitative estimate of drug-likeness (QED) is 0.794. The fourth-order valence-corrected chi connectivity index (χ4v) is 4.17. The first kappa shape index (κ1) is 19.7. The number of carbonyl (C=O) groups is 2. The first-order valence-electron chi connectivity index (χ1n) is 9.88. The van der Waals surface area contributed by atoms with Gasteiger partial charge in [0.1, 0.15) is 6.10 Å². The molecule has 1 aromatic carbocycles. The van der Waals surface area contributed by atoms with Crippen LogP contribution < -0.4 is 10.2 Å². The molecule has 3 rings (SSSR count). The molecule has 1 saturated carbocycles. The van der Waals surface area contributed by atoms with Gasteiger partial charge in [-0.3, -0.25) is 9.69 Å². The van der Waals surface area contributed by atoms with E-state index in [4.69, 9.17) is 9.47 Å². The fraction of sp³-hybridized carbons (Fsp3) is 0.619. The predicted octanol–water partition coefficient (Wildman–Crippen LogP) is 3.46. The maximum absolute atomic E-state index is 12.0. The van der Waals surface area contributed by atoms with Gasteiger partial charge in [0.15, 0.2) is 0 Å². The van der Waals surface area contributed by atoms with Gasteiger partial charge in [-0.2, -0.15) is 0 Å². The Balaban J connectivity index is 1.50.